The lowest BCUT2D eigenvalue weighted by atomic mass is 10.1. The number of hydrogen-bond donors (Lipinski definition) is 1. The smallest absolute Gasteiger partial charge is 0.191 e. The Labute approximate surface area is 245 Å². The van der Waals surface area contributed by atoms with Crippen molar-refractivity contribution in [2.75, 3.05) is 37.7 Å². The van der Waals surface area contributed by atoms with Gasteiger partial charge in [0.15, 0.2) is 18.2 Å². The van der Waals surface area contributed by atoms with Gasteiger partial charge in [0.2, 0.25) is 0 Å². The second kappa shape index (κ2) is 12.1. The van der Waals surface area contributed by atoms with Crippen molar-refractivity contribution in [2.24, 2.45) is 0 Å². The predicted octanol–water partition coefficient (Wildman–Crippen LogP) is 6.13. The van der Waals surface area contributed by atoms with Crippen molar-refractivity contribution < 1.29 is 17.6 Å². The predicted molar refractivity (Wildman–Crippen MR) is 167 cm³/mol. The van der Waals surface area contributed by atoms with E-state index >= 15 is 0 Å². The van der Waals surface area contributed by atoms with Crippen molar-refractivity contribution in [2.45, 2.75) is 96.7 Å². The molecule has 0 radical (unpaired) electrons. The number of aryl methyl sites for hydroxylation is 1. The fraction of sp³-hybridized carbons (Fsp3) is 0.724. The zero-order valence-electron chi connectivity index (χ0n) is 24.8. The summed E-state index contributed by atoms with van der Waals surface area (Å²) in [5.41, 5.74) is 2.12. The minimum atomic E-state index is -3.07. The third-order valence-electron chi connectivity index (χ3n) is 8.86. The molecule has 1 N–H and O–H groups in total. The van der Waals surface area contributed by atoms with Crippen molar-refractivity contribution >= 4 is 45.0 Å². The van der Waals surface area contributed by atoms with Gasteiger partial charge in [-0.2, -0.15) is 0 Å². The largest absolute Gasteiger partial charge is 0.489 e. The lowest BCUT2D eigenvalue weighted by molar-refractivity contribution is 0.0839. The van der Waals surface area contributed by atoms with Crippen LogP contribution in [0.3, 0.4) is 0 Å². The molecule has 0 aliphatic carbocycles. The van der Waals surface area contributed by atoms with E-state index in [2.05, 4.69) is 96.6 Å². The molecule has 1 aromatic heterocycles. The standard InChI is InChI=1S/C29H48BrN3O4SSi/c1-21(2)32-13-9-23(10-14-32)37-28-18-22-17-27(25-20-38(34,35)16-11-31-25)33(26(22)19-24(28)30)12-8-15-36-39(6,7)29(3,4)5/h17-19,21,23,25,31H,8-16,20H2,1-7H3. The van der Waals surface area contributed by atoms with Crippen LogP contribution in [0.2, 0.25) is 18.1 Å². The molecule has 4 rings (SSSR count). The zero-order valence-corrected chi connectivity index (χ0v) is 28.3. The van der Waals surface area contributed by atoms with Crippen LogP contribution < -0.4 is 10.1 Å². The van der Waals surface area contributed by atoms with E-state index in [0.717, 1.165) is 65.7 Å². The topological polar surface area (TPSA) is 72.8 Å². The normalized spacial score (nSPS) is 21.6. The Balaban J connectivity index is 1.57. The van der Waals surface area contributed by atoms with Gasteiger partial charge in [-0.1, -0.05) is 20.8 Å². The maximum Gasteiger partial charge on any atom is 0.191 e. The van der Waals surface area contributed by atoms with E-state index in [1.54, 1.807) is 0 Å². The molecule has 7 nitrogen and oxygen atoms in total. The molecule has 1 atom stereocenters. The van der Waals surface area contributed by atoms with Gasteiger partial charge in [0.05, 0.1) is 22.0 Å². The van der Waals surface area contributed by atoms with E-state index in [1.165, 1.54) is 0 Å². The van der Waals surface area contributed by atoms with Crippen LogP contribution in [0.25, 0.3) is 10.9 Å². The molecule has 39 heavy (non-hydrogen) atoms. The van der Waals surface area contributed by atoms with Gasteiger partial charge in [0.1, 0.15) is 11.9 Å². The summed E-state index contributed by atoms with van der Waals surface area (Å²) in [5, 5.41) is 4.72. The van der Waals surface area contributed by atoms with Gasteiger partial charge < -0.3 is 23.9 Å². The van der Waals surface area contributed by atoms with Crippen LogP contribution in [-0.4, -0.2) is 76.1 Å². The number of rotatable bonds is 9. The first-order valence-corrected chi connectivity index (χ1v) is 20.0. The van der Waals surface area contributed by atoms with Gasteiger partial charge >= 0.3 is 0 Å². The van der Waals surface area contributed by atoms with Gasteiger partial charge in [-0.15, -0.1) is 0 Å². The Bertz CT molecular complexity index is 1250. The summed E-state index contributed by atoms with van der Waals surface area (Å²) in [6.07, 6.45) is 3.11. The maximum atomic E-state index is 12.5. The van der Waals surface area contributed by atoms with Crippen LogP contribution in [0.5, 0.6) is 5.75 Å². The summed E-state index contributed by atoms with van der Waals surface area (Å²) in [4.78, 5) is 2.50. The molecule has 1 aromatic carbocycles. The fourth-order valence-corrected chi connectivity index (χ4v) is 8.25. The summed E-state index contributed by atoms with van der Waals surface area (Å²) in [6.45, 7) is 19.9. The highest BCUT2D eigenvalue weighted by molar-refractivity contribution is 9.10. The summed E-state index contributed by atoms with van der Waals surface area (Å²) >= 11 is 3.79. The molecule has 2 aliphatic rings. The van der Waals surface area contributed by atoms with Crippen molar-refractivity contribution in [1.82, 2.24) is 14.8 Å². The number of likely N-dealkylation sites (tertiary alicyclic amines) is 1. The van der Waals surface area contributed by atoms with Crippen LogP contribution in [0, 0.1) is 0 Å². The van der Waals surface area contributed by atoms with E-state index in [1.807, 2.05) is 0 Å². The Kier molecular flexibility index (Phi) is 9.66. The summed E-state index contributed by atoms with van der Waals surface area (Å²) in [6, 6.07) is 6.77. The number of nitrogens with one attached hydrogen (secondary N) is 1. The number of benzene rings is 1. The summed E-state index contributed by atoms with van der Waals surface area (Å²) < 4.78 is 41.2. The lowest BCUT2D eigenvalue weighted by Gasteiger charge is -2.36. The van der Waals surface area contributed by atoms with E-state index in [4.69, 9.17) is 9.16 Å². The third-order valence-corrected chi connectivity index (χ3v) is 15.7. The quantitative estimate of drug-likeness (QED) is 0.262. The second-order valence-electron chi connectivity index (χ2n) is 13.1. The molecule has 0 amide bonds. The fourth-order valence-electron chi connectivity index (χ4n) is 5.34. The number of piperidine rings is 1. The van der Waals surface area contributed by atoms with Crippen LogP contribution in [0.15, 0.2) is 22.7 Å². The molecule has 2 saturated heterocycles. The molecular weight excluding hydrogens is 594 g/mol. The molecule has 2 aliphatic heterocycles. The number of ether oxygens (including phenoxy) is 1. The second-order valence-corrected chi connectivity index (χ2v) is 21.0. The zero-order chi connectivity index (χ0) is 28.6. The van der Waals surface area contributed by atoms with Crippen LogP contribution in [0.4, 0.5) is 0 Å². The molecule has 3 heterocycles. The van der Waals surface area contributed by atoms with Crippen LogP contribution in [0.1, 0.15) is 65.6 Å². The van der Waals surface area contributed by atoms with Gasteiger partial charge in [0, 0.05) is 55.4 Å². The SMILES string of the molecule is CC(C)N1CCC(Oc2cc3cc(C4CS(=O)(=O)CCN4)n(CCCO[Si](C)(C)C(C)(C)C)c3cc2Br)CC1. The number of hydrogen-bond acceptors (Lipinski definition) is 6. The van der Waals surface area contributed by atoms with Gasteiger partial charge in [0.25, 0.3) is 0 Å². The first-order chi connectivity index (χ1) is 18.2. The molecule has 2 fully saturated rings. The van der Waals surface area contributed by atoms with E-state index in [9.17, 15) is 8.42 Å². The summed E-state index contributed by atoms with van der Waals surface area (Å²) in [5.74, 6) is 1.19. The van der Waals surface area contributed by atoms with Gasteiger partial charge in [-0.05, 0) is 85.4 Å². The number of nitrogens with zero attached hydrogens (tertiary/aromatic N) is 2. The average molecular weight is 643 g/mol. The van der Waals surface area contributed by atoms with Crippen LogP contribution >= 0.6 is 15.9 Å². The van der Waals surface area contributed by atoms with Crippen molar-refractivity contribution in [1.29, 1.82) is 0 Å². The van der Waals surface area contributed by atoms with E-state index in [0.29, 0.717) is 19.2 Å². The Hall–Kier alpha value is -0.913. The minimum Gasteiger partial charge on any atom is -0.489 e. The highest BCUT2D eigenvalue weighted by Gasteiger charge is 2.37. The first kappa shape index (κ1) is 31.0. The Morgan fingerprint density at radius 1 is 1.15 bits per heavy atom. The molecule has 2 aromatic rings. The number of fused-ring (bicyclic) bond motifs is 1. The van der Waals surface area contributed by atoms with Crippen molar-refractivity contribution in [3.63, 3.8) is 0 Å². The lowest BCUT2D eigenvalue weighted by Crippen LogP contribution is -2.41. The Morgan fingerprint density at radius 3 is 2.46 bits per heavy atom. The summed E-state index contributed by atoms with van der Waals surface area (Å²) in [7, 11) is -4.90. The van der Waals surface area contributed by atoms with E-state index < -0.39 is 18.2 Å². The van der Waals surface area contributed by atoms with Gasteiger partial charge in [-0.25, -0.2) is 8.42 Å². The van der Waals surface area contributed by atoms with E-state index in [-0.39, 0.29) is 28.7 Å². The highest BCUT2D eigenvalue weighted by Crippen LogP contribution is 2.38. The molecule has 220 valence electrons. The average Bonchev–Trinajstić information content (AvgIpc) is 3.18. The van der Waals surface area contributed by atoms with Crippen molar-refractivity contribution in [3.8, 4) is 5.75 Å². The van der Waals surface area contributed by atoms with Crippen molar-refractivity contribution in [3.05, 3.63) is 28.4 Å². The van der Waals surface area contributed by atoms with Crippen LogP contribution in [-0.2, 0) is 20.8 Å². The highest BCUT2D eigenvalue weighted by atomic mass is 79.9. The Morgan fingerprint density at radius 2 is 1.85 bits per heavy atom. The van der Waals surface area contributed by atoms with Gasteiger partial charge in [-0.3, -0.25) is 0 Å². The molecular formula is C29H48BrN3O4SSi. The molecule has 10 heteroatoms. The molecule has 0 saturated carbocycles. The number of sulfone groups is 1. The monoisotopic (exact) mass is 641 g/mol. The first-order valence-electron chi connectivity index (χ1n) is 14.5. The third kappa shape index (κ3) is 7.49. The number of aromatic nitrogens is 1. The maximum absolute atomic E-state index is 12.5. The number of halogens is 1. The molecule has 0 spiro atoms. The minimum absolute atomic E-state index is 0.128. The molecule has 0 bridgehead atoms. The molecule has 1 unspecified atom stereocenters.